The Hall–Kier alpha value is -0.470. The van der Waals surface area contributed by atoms with Crippen molar-refractivity contribution in [3.63, 3.8) is 0 Å². The second kappa shape index (κ2) is 2.90. The molecule has 0 radical (unpaired) electrons. The number of benzene rings is 1. The lowest BCUT2D eigenvalue weighted by Crippen LogP contribution is -2.35. The maximum absolute atomic E-state index is 3.70. The Kier molecular flexibility index (Phi) is 2.14. The molecule has 1 nitrogen and oxygen atoms in total. The minimum absolute atomic E-state index is 1.22. The largest absolute Gasteiger partial charge is 0.292 e. The lowest BCUT2D eigenvalue weighted by molar-refractivity contribution is -0.137. The molecule has 0 aliphatic rings. The van der Waals surface area contributed by atoms with Gasteiger partial charge in [0.15, 0.2) is 0 Å². The van der Waals surface area contributed by atoms with Crippen LogP contribution in [0.4, 0.5) is 0 Å². The van der Waals surface area contributed by atoms with Gasteiger partial charge in [0.1, 0.15) is 11.9 Å². The second-order valence-electron chi connectivity index (χ2n) is 1.96. The number of hydrogen-bond donors (Lipinski definition) is 1. The Morgan fingerprint density at radius 1 is 1.22 bits per heavy atom. The fourth-order valence-corrected chi connectivity index (χ4v) is 0.963. The first kappa shape index (κ1) is 6.65. The van der Waals surface area contributed by atoms with Gasteiger partial charge < -0.3 is 0 Å². The molecular formula is C7H10NS+. The van der Waals surface area contributed by atoms with Crippen molar-refractivity contribution in [3.05, 3.63) is 29.8 Å². The summed E-state index contributed by atoms with van der Waals surface area (Å²) in [6, 6.07) is 8.33. The van der Waals surface area contributed by atoms with Crippen molar-refractivity contribution in [3.8, 4) is 0 Å². The third kappa shape index (κ3) is 1.73. The Morgan fingerprint density at radius 3 is 2.22 bits per heavy atom. The van der Waals surface area contributed by atoms with E-state index in [1.807, 2.05) is 0 Å². The van der Waals surface area contributed by atoms with E-state index in [4.69, 9.17) is 0 Å². The van der Waals surface area contributed by atoms with Crippen LogP contribution >= 0.6 is 11.9 Å². The van der Waals surface area contributed by atoms with E-state index < -0.39 is 0 Å². The predicted octanol–water partition coefficient (Wildman–Crippen LogP) is 1.24. The Balaban J connectivity index is 2.88. The summed E-state index contributed by atoms with van der Waals surface area (Å²) in [5.41, 5.74) is 1.30. The normalized spacial score (nSPS) is 9.56. The van der Waals surface area contributed by atoms with Gasteiger partial charge in [0, 0.05) is 0 Å². The molecule has 0 atom stereocenters. The maximum Gasteiger partial charge on any atom is 0.107 e. The van der Waals surface area contributed by atoms with Crippen molar-refractivity contribution in [1.82, 2.24) is 0 Å². The monoisotopic (exact) mass is 140 g/mol. The molecule has 0 unspecified atom stereocenters. The van der Waals surface area contributed by atoms with E-state index in [0.29, 0.717) is 0 Å². The number of quaternary nitrogens is 1. The molecule has 1 rings (SSSR count). The molecule has 3 N–H and O–H groups in total. The minimum Gasteiger partial charge on any atom is -0.292 e. The molecule has 0 fully saturated rings. The van der Waals surface area contributed by atoms with Crippen molar-refractivity contribution in [2.75, 3.05) is 0 Å². The van der Waals surface area contributed by atoms with Crippen molar-refractivity contribution >= 4 is 11.9 Å². The van der Waals surface area contributed by atoms with Gasteiger partial charge in [-0.3, -0.25) is 5.14 Å². The van der Waals surface area contributed by atoms with Gasteiger partial charge in [-0.25, -0.2) is 0 Å². The predicted molar refractivity (Wildman–Crippen MR) is 39.9 cm³/mol. The standard InChI is InChI=1S/C7H9NS/c1-6-2-4-7(9-8)5-3-6/h2-5H,8H2,1H3/p+1. The molecule has 0 aliphatic carbocycles. The SMILES string of the molecule is Cc1ccc(S[NH3+])cc1. The topological polar surface area (TPSA) is 27.6 Å². The molecule has 0 spiro atoms. The molecule has 0 amide bonds. The first-order chi connectivity index (χ1) is 4.33. The zero-order valence-corrected chi connectivity index (χ0v) is 6.24. The van der Waals surface area contributed by atoms with Gasteiger partial charge in [-0.05, 0) is 19.1 Å². The van der Waals surface area contributed by atoms with Crippen molar-refractivity contribution in [2.45, 2.75) is 11.8 Å². The second-order valence-corrected chi connectivity index (χ2v) is 2.72. The van der Waals surface area contributed by atoms with Crippen LogP contribution in [0.1, 0.15) is 5.56 Å². The van der Waals surface area contributed by atoms with Crippen molar-refractivity contribution < 1.29 is 5.14 Å². The van der Waals surface area contributed by atoms with E-state index in [2.05, 4.69) is 36.3 Å². The maximum atomic E-state index is 3.70. The van der Waals surface area contributed by atoms with Crippen LogP contribution in [0, 0.1) is 6.92 Å². The van der Waals surface area contributed by atoms with E-state index in [-0.39, 0.29) is 0 Å². The average Bonchev–Trinajstić information content (AvgIpc) is 1.90. The molecule has 2 heteroatoms. The summed E-state index contributed by atoms with van der Waals surface area (Å²) in [7, 11) is 0. The fraction of sp³-hybridized carbons (Fsp3) is 0.143. The number of hydrogen-bond acceptors (Lipinski definition) is 1. The van der Waals surface area contributed by atoms with E-state index in [1.165, 1.54) is 22.4 Å². The molecule has 0 saturated heterocycles. The summed E-state index contributed by atoms with van der Waals surface area (Å²) in [5.74, 6) is 0. The number of rotatable bonds is 1. The van der Waals surface area contributed by atoms with Crippen molar-refractivity contribution in [1.29, 1.82) is 0 Å². The highest BCUT2D eigenvalue weighted by Crippen LogP contribution is 2.09. The minimum atomic E-state index is 1.22. The third-order valence-electron chi connectivity index (χ3n) is 1.19. The summed E-state index contributed by atoms with van der Waals surface area (Å²) in [4.78, 5) is 1.22. The van der Waals surface area contributed by atoms with Gasteiger partial charge in [0.2, 0.25) is 0 Å². The van der Waals surface area contributed by atoms with Gasteiger partial charge in [-0.15, -0.1) is 0 Å². The Labute approximate surface area is 59.4 Å². The third-order valence-corrected chi connectivity index (χ3v) is 1.79. The van der Waals surface area contributed by atoms with Crippen LogP contribution < -0.4 is 5.14 Å². The highest BCUT2D eigenvalue weighted by atomic mass is 32.2. The summed E-state index contributed by atoms with van der Waals surface area (Å²) in [5, 5.41) is 3.70. The molecule has 9 heavy (non-hydrogen) atoms. The van der Waals surface area contributed by atoms with Crippen LogP contribution in [0.3, 0.4) is 0 Å². The number of aryl methyl sites for hydroxylation is 1. The summed E-state index contributed by atoms with van der Waals surface area (Å²) >= 11 is 1.53. The Morgan fingerprint density at radius 2 is 1.78 bits per heavy atom. The first-order valence-electron chi connectivity index (χ1n) is 2.81. The van der Waals surface area contributed by atoms with Gasteiger partial charge in [0.05, 0.1) is 4.90 Å². The molecule has 0 saturated carbocycles. The highest BCUT2D eigenvalue weighted by molar-refractivity contribution is 7.92. The van der Waals surface area contributed by atoms with Crippen LogP contribution in [-0.4, -0.2) is 0 Å². The average molecular weight is 140 g/mol. The zero-order chi connectivity index (χ0) is 6.69. The molecule has 48 valence electrons. The summed E-state index contributed by atoms with van der Waals surface area (Å²) in [6.07, 6.45) is 0. The smallest absolute Gasteiger partial charge is 0.107 e. The van der Waals surface area contributed by atoms with Crippen LogP contribution in [0.15, 0.2) is 29.2 Å². The molecule has 1 aromatic carbocycles. The molecule has 1 aromatic rings. The summed E-state index contributed by atoms with van der Waals surface area (Å²) < 4.78 is 0. The van der Waals surface area contributed by atoms with E-state index >= 15 is 0 Å². The lowest BCUT2D eigenvalue weighted by Gasteiger charge is -1.90. The van der Waals surface area contributed by atoms with Gasteiger partial charge in [-0.2, -0.15) is 0 Å². The van der Waals surface area contributed by atoms with Crippen LogP contribution in [0.5, 0.6) is 0 Å². The van der Waals surface area contributed by atoms with Gasteiger partial charge in [-0.1, -0.05) is 17.7 Å². The fourth-order valence-electron chi connectivity index (χ4n) is 0.634. The molecular weight excluding hydrogens is 130 g/mol. The first-order valence-corrected chi connectivity index (χ1v) is 3.80. The van der Waals surface area contributed by atoms with E-state index in [0.717, 1.165) is 0 Å². The summed E-state index contributed by atoms with van der Waals surface area (Å²) in [6.45, 7) is 2.08. The quantitative estimate of drug-likeness (QED) is 0.584. The lowest BCUT2D eigenvalue weighted by atomic mass is 10.2. The van der Waals surface area contributed by atoms with Gasteiger partial charge >= 0.3 is 0 Å². The van der Waals surface area contributed by atoms with Crippen LogP contribution in [0.25, 0.3) is 0 Å². The van der Waals surface area contributed by atoms with Crippen LogP contribution in [-0.2, 0) is 0 Å². The molecule has 0 aliphatic heterocycles. The highest BCUT2D eigenvalue weighted by Gasteiger charge is 1.89. The molecule has 0 aromatic heterocycles. The Bertz CT molecular complexity index is 181. The van der Waals surface area contributed by atoms with E-state index in [1.54, 1.807) is 0 Å². The van der Waals surface area contributed by atoms with E-state index in [9.17, 15) is 0 Å². The molecule has 0 heterocycles. The van der Waals surface area contributed by atoms with Crippen molar-refractivity contribution in [2.24, 2.45) is 0 Å². The zero-order valence-electron chi connectivity index (χ0n) is 5.42. The van der Waals surface area contributed by atoms with Gasteiger partial charge in [0.25, 0.3) is 0 Å². The molecule has 0 bridgehead atoms. The van der Waals surface area contributed by atoms with Crippen LogP contribution in [0.2, 0.25) is 0 Å².